The minimum absolute atomic E-state index is 0.276. The minimum Gasteiger partial charge on any atom is -0.346 e. The van der Waals surface area contributed by atoms with Crippen molar-refractivity contribution in [2.45, 2.75) is 57.4 Å². The van der Waals surface area contributed by atoms with Gasteiger partial charge in [0.25, 0.3) is 0 Å². The highest BCUT2D eigenvalue weighted by molar-refractivity contribution is 5.75. The molecule has 1 aliphatic carbocycles. The maximum atomic E-state index is 12.8. The van der Waals surface area contributed by atoms with Crippen LogP contribution >= 0.6 is 0 Å². The molecule has 2 atom stereocenters. The highest BCUT2D eigenvalue weighted by Gasteiger charge is 2.40. The monoisotopic (exact) mass is 288 g/mol. The van der Waals surface area contributed by atoms with Crippen LogP contribution in [-0.2, 0) is 6.42 Å². The molecule has 5 nitrogen and oxygen atoms in total. The maximum Gasteiger partial charge on any atom is 0.320 e. The van der Waals surface area contributed by atoms with Gasteiger partial charge in [-0.25, -0.2) is 9.78 Å². The number of aryl methyl sites for hydroxylation is 1. The number of carbonyl (C=O) groups excluding carboxylic acids is 1. The van der Waals surface area contributed by atoms with Gasteiger partial charge in [-0.15, -0.1) is 0 Å². The lowest BCUT2D eigenvalue weighted by Gasteiger charge is -2.44. The average Bonchev–Trinajstić information content (AvgIpc) is 2.88. The highest BCUT2D eigenvalue weighted by atomic mass is 16.2. The lowest BCUT2D eigenvalue weighted by Crippen LogP contribution is -2.54. The number of amides is 2. The molecule has 2 aliphatic heterocycles. The van der Waals surface area contributed by atoms with Crippen LogP contribution in [0.4, 0.5) is 4.79 Å². The van der Waals surface area contributed by atoms with Gasteiger partial charge < -0.3 is 14.8 Å². The van der Waals surface area contributed by atoms with E-state index in [1.807, 2.05) is 6.92 Å². The lowest BCUT2D eigenvalue weighted by molar-refractivity contribution is 0.0977. The minimum atomic E-state index is 0.276. The third-order valence-electron chi connectivity index (χ3n) is 5.34. The summed E-state index contributed by atoms with van der Waals surface area (Å²) in [7, 11) is 0. The van der Waals surface area contributed by atoms with Gasteiger partial charge in [0.15, 0.2) is 0 Å². The van der Waals surface area contributed by atoms with E-state index in [1.54, 1.807) is 0 Å². The van der Waals surface area contributed by atoms with Crippen LogP contribution in [0.15, 0.2) is 0 Å². The zero-order valence-electron chi connectivity index (χ0n) is 12.8. The molecular formula is C16H24N4O. The second-order valence-corrected chi connectivity index (χ2v) is 6.79. The summed E-state index contributed by atoms with van der Waals surface area (Å²) in [5.74, 6) is 1.57. The third kappa shape index (κ3) is 2.23. The fourth-order valence-corrected chi connectivity index (χ4v) is 4.30. The number of rotatable bonds is 0. The van der Waals surface area contributed by atoms with E-state index in [-0.39, 0.29) is 6.03 Å². The van der Waals surface area contributed by atoms with E-state index in [1.165, 1.54) is 17.8 Å². The van der Waals surface area contributed by atoms with Gasteiger partial charge in [0.05, 0.1) is 5.69 Å². The molecule has 3 aliphatic rings. The van der Waals surface area contributed by atoms with E-state index in [0.717, 1.165) is 57.6 Å². The molecule has 2 bridgehead atoms. The number of imidazole rings is 1. The third-order valence-corrected chi connectivity index (χ3v) is 5.34. The zero-order chi connectivity index (χ0) is 14.4. The SMILES string of the molecule is Cc1nc2c([nH]1)C[C@@H]1C[C@H]2CCN1C(=O)N1CCCCC1. The lowest BCUT2D eigenvalue weighted by atomic mass is 9.80. The molecule has 1 aromatic heterocycles. The van der Waals surface area contributed by atoms with Gasteiger partial charge in [-0.05, 0) is 39.0 Å². The Morgan fingerprint density at radius 1 is 1.24 bits per heavy atom. The van der Waals surface area contributed by atoms with Crippen molar-refractivity contribution in [3.05, 3.63) is 17.2 Å². The van der Waals surface area contributed by atoms with E-state index < -0.39 is 0 Å². The van der Waals surface area contributed by atoms with Crippen LogP contribution in [0.5, 0.6) is 0 Å². The average molecular weight is 288 g/mol. The molecule has 21 heavy (non-hydrogen) atoms. The fourth-order valence-electron chi connectivity index (χ4n) is 4.30. The number of aromatic amines is 1. The van der Waals surface area contributed by atoms with Gasteiger partial charge in [0.1, 0.15) is 5.82 Å². The topological polar surface area (TPSA) is 52.2 Å². The van der Waals surface area contributed by atoms with Crippen molar-refractivity contribution >= 4 is 6.03 Å². The molecule has 2 saturated heterocycles. The normalized spacial score (nSPS) is 28.4. The molecular weight excluding hydrogens is 264 g/mol. The number of nitrogens with one attached hydrogen (secondary N) is 1. The smallest absolute Gasteiger partial charge is 0.320 e. The summed E-state index contributed by atoms with van der Waals surface area (Å²) in [5.41, 5.74) is 2.54. The van der Waals surface area contributed by atoms with Crippen LogP contribution in [0.1, 0.15) is 55.2 Å². The van der Waals surface area contributed by atoms with E-state index in [0.29, 0.717) is 12.0 Å². The Labute approximate surface area is 125 Å². The van der Waals surface area contributed by atoms with Crippen LogP contribution in [0.3, 0.4) is 0 Å². The maximum absolute atomic E-state index is 12.8. The van der Waals surface area contributed by atoms with Crippen molar-refractivity contribution in [2.24, 2.45) is 0 Å². The predicted octanol–water partition coefficient (Wildman–Crippen LogP) is 2.43. The van der Waals surface area contributed by atoms with Crippen LogP contribution in [-0.4, -0.2) is 51.5 Å². The zero-order valence-corrected chi connectivity index (χ0v) is 12.8. The van der Waals surface area contributed by atoms with Crippen molar-refractivity contribution in [3.63, 3.8) is 0 Å². The van der Waals surface area contributed by atoms with Crippen molar-refractivity contribution in [1.29, 1.82) is 0 Å². The number of fused-ring (bicyclic) bond motifs is 4. The quantitative estimate of drug-likeness (QED) is 0.797. The van der Waals surface area contributed by atoms with Crippen molar-refractivity contribution in [3.8, 4) is 0 Å². The Balaban J connectivity index is 1.53. The highest BCUT2D eigenvalue weighted by Crippen LogP contribution is 2.39. The largest absolute Gasteiger partial charge is 0.346 e. The van der Waals surface area contributed by atoms with Gasteiger partial charge >= 0.3 is 6.03 Å². The summed E-state index contributed by atoms with van der Waals surface area (Å²) in [6.45, 7) is 4.81. The number of hydrogen-bond acceptors (Lipinski definition) is 2. The Hall–Kier alpha value is -1.52. The Kier molecular flexibility index (Phi) is 3.16. The van der Waals surface area contributed by atoms with E-state index >= 15 is 0 Å². The molecule has 1 N–H and O–H groups in total. The summed E-state index contributed by atoms with van der Waals surface area (Å²) in [5, 5.41) is 0. The molecule has 0 radical (unpaired) electrons. The first kappa shape index (κ1) is 13.2. The van der Waals surface area contributed by atoms with Crippen molar-refractivity contribution in [2.75, 3.05) is 19.6 Å². The number of urea groups is 1. The standard InChI is InChI=1S/C16H24N4O/c1-11-17-14-10-13-9-12(15(14)18-11)5-8-20(13)16(21)19-6-3-2-4-7-19/h12-13H,2-10H2,1H3,(H,17,18)/t12-,13+/m1/s1. The van der Waals surface area contributed by atoms with Gasteiger partial charge in [0, 0.05) is 43.7 Å². The molecule has 2 amide bonds. The summed E-state index contributed by atoms with van der Waals surface area (Å²) < 4.78 is 0. The molecule has 0 unspecified atom stereocenters. The number of likely N-dealkylation sites (tertiary alicyclic amines) is 2. The van der Waals surface area contributed by atoms with Crippen molar-refractivity contribution in [1.82, 2.24) is 19.8 Å². The van der Waals surface area contributed by atoms with E-state index in [9.17, 15) is 4.79 Å². The van der Waals surface area contributed by atoms with E-state index in [4.69, 9.17) is 0 Å². The van der Waals surface area contributed by atoms with Gasteiger partial charge in [-0.1, -0.05) is 0 Å². The number of aromatic nitrogens is 2. The van der Waals surface area contributed by atoms with Gasteiger partial charge in [-0.3, -0.25) is 0 Å². The first-order valence-electron chi connectivity index (χ1n) is 8.33. The Bertz CT molecular complexity index is 546. The summed E-state index contributed by atoms with van der Waals surface area (Å²) >= 11 is 0. The summed E-state index contributed by atoms with van der Waals surface area (Å²) in [4.78, 5) is 25.1. The summed E-state index contributed by atoms with van der Waals surface area (Å²) in [6.07, 6.45) is 6.70. The molecule has 0 saturated carbocycles. The number of piperidine rings is 2. The fraction of sp³-hybridized carbons (Fsp3) is 0.750. The van der Waals surface area contributed by atoms with Crippen LogP contribution in [0.25, 0.3) is 0 Å². The molecule has 3 heterocycles. The predicted molar refractivity (Wildman–Crippen MR) is 80.3 cm³/mol. The number of carbonyl (C=O) groups is 1. The first-order valence-corrected chi connectivity index (χ1v) is 8.33. The molecule has 4 rings (SSSR count). The Morgan fingerprint density at radius 3 is 2.86 bits per heavy atom. The van der Waals surface area contributed by atoms with Crippen LogP contribution in [0, 0.1) is 6.92 Å². The number of nitrogens with zero attached hydrogens (tertiary/aromatic N) is 3. The summed E-state index contributed by atoms with van der Waals surface area (Å²) in [6, 6.07) is 0.642. The molecule has 1 aromatic rings. The molecule has 0 aromatic carbocycles. The van der Waals surface area contributed by atoms with Gasteiger partial charge in [0.2, 0.25) is 0 Å². The van der Waals surface area contributed by atoms with Gasteiger partial charge in [-0.2, -0.15) is 0 Å². The molecule has 114 valence electrons. The second-order valence-electron chi connectivity index (χ2n) is 6.79. The van der Waals surface area contributed by atoms with Crippen LogP contribution < -0.4 is 0 Å². The Morgan fingerprint density at radius 2 is 2.05 bits per heavy atom. The molecule has 0 spiro atoms. The van der Waals surface area contributed by atoms with Crippen molar-refractivity contribution < 1.29 is 4.79 Å². The molecule has 2 fully saturated rings. The molecule has 5 heteroatoms. The van der Waals surface area contributed by atoms with Crippen LogP contribution in [0.2, 0.25) is 0 Å². The second kappa shape index (κ2) is 5.04. The number of H-pyrrole nitrogens is 1. The first-order chi connectivity index (χ1) is 10.2. The van der Waals surface area contributed by atoms with E-state index in [2.05, 4.69) is 19.8 Å². The number of hydrogen-bond donors (Lipinski definition) is 1.